The molecule has 148 valence electrons. The van der Waals surface area contributed by atoms with E-state index in [0.717, 1.165) is 36.0 Å². The second-order valence-electron chi connectivity index (χ2n) is 6.97. The Balaban J connectivity index is 1.38. The van der Waals surface area contributed by atoms with E-state index >= 15 is 0 Å². The van der Waals surface area contributed by atoms with E-state index < -0.39 is 0 Å². The first-order valence-corrected chi connectivity index (χ1v) is 9.26. The Bertz CT molecular complexity index is 821. The van der Waals surface area contributed by atoms with Gasteiger partial charge in [0.15, 0.2) is 13.1 Å². The molecule has 0 unspecified atom stereocenters. The zero-order chi connectivity index (χ0) is 19.9. The van der Waals surface area contributed by atoms with Crippen molar-refractivity contribution in [1.82, 2.24) is 0 Å². The zero-order valence-electron chi connectivity index (χ0n) is 15.4. The molecule has 1 aliphatic rings. The molecule has 0 aliphatic carbocycles. The highest BCUT2D eigenvalue weighted by molar-refractivity contribution is 5.91. The van der Waals surface area contributed by atoms with Crippen LogP contribution in [0.5, 0.6) is 0 Å². The lowest BCUT2D eigenvalue weighted by Gasteiger charge is -2.28. The van der Waals surface area contributed by atoms with Crippen molar-refractivity contribution in [2.24, 2.45) is 0 Å². The molecule has 0 bridgehead atoms. The maximum Gasteiger partial charge on any atom is 0.279 e. The number of rotatable bonds is 6. The highest BCUT2D eigenvalue weighted by atomic mass is 19.1. The van der Waals surface area contributed by atoms with Crippen molar-refractivity contribution in [2.75, 3.05) is 49.9 Å². The van der Waals surface area contributed by atoms with Crippen molar-refractivity contribution in [1.29, 1.82) is 0 Å². The fourth-order valence-electron chi connectivity index (χ4n) is 3.27. The molecule has 1 saturated heterocycles. The van der Waals surface area contributed by atoms with Crippen molar-refractivity contribution < 1.29 is 28.2 Å². The van der Waals surface area contributed by atoms with Gasteiger partial charge in [-0.3, -0.25) is 9.59 Å². The lowest BCUT2D eigenvalue weighted by molar-refractivity contribution is -1.00. The molecule has 3 rings (SSSR count). The van der Waals surface area contributed by atoms with Gasteiger partial charge in [-0.15, -0.1) is 0 Å². The summed E-state index contributed by atoms with van der Waals surface area (Å²) in [6, 6.07) is 11.5. The molecule has 0 spiro atoms. The normalized spacial score (nSPS) is 19.1. The third-order valence-corrected chi connectivity index (χ3v) is 4.72. The van der Waals surface area contributed by atoms with Gasteiger partial charge in [0.2, 0.25) is 0 Å². The Kier molecular flexibility index (Phi) is 6.67. The smallest absolute Gasteiger partial charge is 0.279 e. The van der Waals surface area contributed by atoms with E-state index in [1.54, 1.807) is 12.1 Å². The average Bonchev–Trinajstić information content (AvgIpc) is 2.65. The predicted molar refractivity (Wildman–Crippen MR) is 101 cm³/mol. The van der Waals surface area contributed by atoms with E-state index in [2.05, 4.69) is 10.6 Å². The number of carbonyl (C=O) groups excluding carboxylic acids is 2. The number of carbonyl (C=O) groups is 2. The number of piperazine rings is 1. The van der Waals surface area contributed by atoms with Crippen LogP contribution in [0.15, 0.2) is 48.5 Å². The summed E-state index contributed by atoms with van der Waals surface area (Å²) in [7, 11) is 0. The highest BCUT2D eigenvalue weighted by Gasteiger charge is 2.26. The first kappa shape index (κ1) is 19.9. The van der Waals surface area contributed by atoms with Crippen LogP contribution in [0.3, 0.4) is 0 Å². The van der Waals surface area contributed by atoms with Gasteiger partial charge in [0.25, 0.3) is 11.8 Å². The Morgan fingerprint density at radius 3 is 1.82 bits per heavy atom. The molecule has 2 amide bonds. The summed E-state index contributed by atoms with van der Waals surface area (Å²) in [5, 5.41) is 5.47. The summed E-state index contributed by atoms with van der Waals surface area (Å²) in [6.07, 6.45) is 0. The second kappa shape index (κ2) is 9.38. The summed E-state index contributed by atoms with van der Waals surface area (Å²) in [5.41, 5.74) is 1.02. The molecule has 1 fully saturated rings. The van der Waals surface area contributed by atoms with E-state index in [-0.39, 0.29) is 23.4 Å². The maximum atomic E-state index is 13.2. The molecule has 2 aromatic carbocycles. The molecule has 0 saturated carbocycles. The largest absolute Gasteiger partial charge is 0.321 e. The van der Waals surface area contributed by atoms with Crippen LogP contribution in [0.4, 0.5) is 20.2 Å². The topological polar surface area (TPSA) is 67.1 Å². The van der Waals surface area contributed by atoms with E-state index in [4.69, 9.17) is 0 Å². The number of halogens is 2. The Labute approximate surface area is 162 Å². The van der Waals surface area contributed by atoms with Crippen LogP contribution in [0.1, 0.15) is 0 Å². The first-order valence-electron chi connectivity index (χ1n) is 9.26. The van der Waals surface area contributed by atoms with Gasteiger partial charge < -0.3 is 20.4 Å². The molecule has 8 heteroatoms. The van der Waals surface area contributed by atoms with Gasteiger partial charge in [-0.1, -0.05) is 6.07 Å². The van der Waals surface area contributed by atoms with E-state index in [1.165, 1.54) is 36.4 Å². The van der Waals surface area contributed by atoms with E-state index in [1.807, 2.05) is 0 Å². The molecule has 2 aromatic rings. The maximum absolute atomic E-state index is 13.2. The minimum Gasteiger partial charge on any atom is -0.321 e. The van der Waals surface area contributed by atoms with Gasteiger partial charge in [0.05, 0.1) is 0 Å². The van der Waals surface area contributed by atoms with Crippen LogP contribution in [0.25, 0.3) is 0 Å². The summed E-state index contributed by atoms with van der Waals surface area (Å²) in [5.74, 6) is -1.00. The zero-order valence-corrected chi connectivity index (χ0v) is 15.4. The van der Waals surface area contributed by atoms with Crippen molar-refractivity contribution in [3.63, 3.8) is 0 Å². The lowest BCUT2D eigenvalue weighted by Crippen LogP contribution is -3.28. The summed E-state index contributed by atoms with van der Waals surface area (Å²) in [6.45, 7) is 3.75. The van der Waals surface area contributed by atoms with Crippen LogP contribution < -0.4 is 20.4 Å². The van der Waals surface area contributed by atoms with Crippen LogP contribution in [0.2, 0.25) is 0 Å². The number of anilines is 2. The van der Waals surface area contributed by atoms with Gasteiger partial charge in [-0.25, -0.2) is 8.78 Å². The Hall–Kier alpha value is -2.84. The predicted octanol–water partition coefficient (Wildman–Crippen LogP) is -0.675. The minimum atomic E-state index is -0.388. The van der Waals surface area contributed by atoms with Gasteiger partial charge in [0.1, 0.15) is 37.8 Å². The number of amides is 2. The monoisotopic (exact) mass is 390 g/mol. The number of hydrogen-bond acceptors (Lipinski definition) is 2. The Morgan fingerprint density at radius 1 is 0.750 bits per heavy atom. The number of benzene rings is 2. The molecule has 0 aromatic heterocycles. The fourth-order valence-corrected chi connectivity index (χ4v) is 3.27. The highest BCUT2D eigenvalue weighted by Crippen LogP contribution is 2.08. The molecule has 1 aliphatic heterocycles. The summed E-state index contributed by atoms with van der Waals surface area (Å²) < 4.78 is 26.1. The second-order valence-corrected chi connectivity index (χ2v) is 6.97. The van der Waals surface area contributed by atoms with Gasteiger partial charge in [-0.2, -0.15) is 0 Å². The Morgan fingerprint density at radius 2 is 1.29 bits per heavy atom. The minimum absolute atomic E-state index is 0.117. The van der Waals surface area contributed by atoms with Gasteiger partial charge >= 0.3 is 0 Å². The van der Waals surface area contributed by atoms with Crippen LogP contribution >= 0.6 is 0 Å². The average molecular weight is 390 g/mol. The molecule has 0 radical (unpaired) electrons. The summed E-state index contributed by atoms with van der Waals surface area (Å²) >= 11 is 0. The van der Waals surface area contributed by atoms with Crippen LogP contribution in [0, 0.1) is 11.6 Å². The molecular formula is C20H24F2N4O2+2. The van der Waals surface area contributed by atoms with Crippen molar-refractivity contribution >= 4 is 23.2 Å². The SMILES string of the molecule is O=C(C[NH+]1CC[NH+](CC(=O)Nc2cccc(F)c2)CC1)Nc1ccc(F)cc1. The first-order chi connectivity index (χ1) is 13.5. The fraction of sp³-hybridized carbons (Fsp3) is 0.300. The van der Waals surface area contributed by atoms with Gasteiger partial charge in [0, 0.05) is 11.4 Å². The molecule has 28 heavy (non-hydrogen) atoms. The van der Waals surface area contributed by atoms with E-state index in [0.29, 0.717) is 24.5 Å². The van der Waals surface area contributed by atoms with Crippen molar-refractivity contribution in [3.05, 3.63) is 60.2 Å². The number of hydrogen-bond donors (Lipinski definition) is 4. The summed E-state index contributed by atoms with van der Waals surface area (Å²) in [4.78, 5) is 26.5. The van der Waals surface area contributed by atoms with E-state index in [9.17, 15) is 18.4 Å². The van der Waals surface area contributed by atoms with Crippen LogP contribution in [-0.2, 0) is 9.59 Å². The molecule has 1 heterocycles. The third-order valence-electron chi connectivity index (χ3n) is 4.72. The number of nitrogens with one attached hydrogen (secondary N) is 4. The molecular weight excluding hydrogens is 366 g/mol. The molecule has 6 nitrogen and oxygen atoms in total. The lowest BCUT2D eigenvalue weighted by atomic mass is 10.2. The molecule has 0 atom stereocenters. The van der Waals surface area contributed by atoms with Crippen molar-refractivity contribution in [3.8, 4) is 0 Å². The number of quaternary nitrogens is 2. The van der Waals surface area contributed by atoms with Crippen molar-refractivity contribution in [2.45, 2.75) is 0 Å². The molecule has 4 N–H and O–H groups in total. The standard InChI is InChI=1S/C20H22F2N4O2/c21-15-4-6-17(7-5-15)23-19(27)13-25-8-10-26(11-9-25)14-20(28)24-18-3-1-2-16(22)12-18/h1-7,12H,8-11,13-14H2,(H,23,27)(H,24,28)/p+2. The third kappa shape index (κ3) is 6.11. The quantitative estimate of drug-likeness (QED) is 0.529. The van der Waals surface area contributed by atoms with Crippen LogP contribution in [-0.4, -0.2) is 51.1 Å². The van der Waals surface area contributed by atoms with Gasteiger partial charge in [-0.05, 0) is 42.5 Å².